The van der Waals surface area contributed by atoms with E-state index in [1.165, 1.54) is 5.56 Å². The summed E-state index contributed by atoms with van der Waals surface area (Å²) in [6.07, 6.45) is 0. The summed E-state index contributed by atoms with van der Waals surface area (Å²) in [6.45, 7) is 4.46. The van der Waals surface area contributed by atoms with Gasteiger partial charge in [0.15, 0.2) is 0 Å². The Morgan fingerprint density at radius 1 is 1.38 bits per heavy atom. The second-order valence-corrected chi connectivity index (χ2v) is 4.45. The summed E-state index contributed by atoms with van der Waals surface area (Å²) in [4.78, 5) is 11.9. The number of nitrogens with one attached hydrogen (secondary N) is 1. The zero-order valence-corrected chi connectivity index (χ0v) is 10.3. The van der Waals surface area contributed by atoms with Crippen LogP contribution in [0.25, 0.3) is 0 Å². The van der Waals surface area contributed by atoms with E-state index in [0.717, 1.165) is 0 Å². The van der Waals surface area contributed by atoms with E-state index in [4.69, 9.17) is 5.73 Å². The van der Waals surface area contributed by atoms with Crippen LogP contribution in [0.1, 0.15) is 35.7 Å². The minimum atomic E-state index is -0.150. The lowest BCUT2D eigenvalue weighted by molar-refractivity contribution is 0.0959. The van der Waals surface area contributed by atoms with Crippen molar-refractivity contribution in [2.24, 2.45) is 5.73 Å². The molecule has 4 heteroatoms. The zero-order valence-electron chi connectivity index (χ0n) is 9.49. The minimum absolute atomic E-state index is 0.150. The van der Waals surface area contributed by atoms with Gasteiger partial charge < -0.3 is 11.1 Å². The third-order valence-electron chi connectivity index (χ3n) is 2.26. The molecule has 1 amide bonds. The Labute approximate surface area is 101 Å². The van der Waals surface area contributed by atoms with Crippen molar-refractivity contribution in [2.45, 2.75) is 19.8 Å². The second-order valence-electron chi connectivity index (χ2n) is 3.93. The zero-order chi connectivity index (χ0) is 12.1. The van der Waals surface area contributed by atoms with Crippen LogP contribution in [0.4, 0.5) is 0 Å². The number of amides is 1. The number of rotatable bonds is 4. The first-order chi connectivity index (χ1) is 7.50. The molecule has 1 aromatic carbocycles. The molecule has 1 rings (SSSR count). The van der Waals surface area contributed by atoms with Gasteiger partial charge in [-0.25, -0.2) is 0 Å². The molecule has 0 fully saturated rings. The smallest absolute Gasteiger partial charge is 0.251 e. The molecule has 3 N–H and O–H groups in total. The number of thiocarbonyl (C=S) groups is 1. The highest BCUT2D eigenvalue weighted by atomic mass is 32.1. The van der Waals surface area contributed by atoms with Crippen molar-refractivity contribution in [3.8, 4) is 0 Å². The van der Waals surface area contributed by atoms with E-state index in [9.17, 15) is 4.79 Å². The summed E-state index contributed by atoms with van der Waals surface area (Å²) in [5.41, 5.74) is 7.14. The molecule has 0 aliphatic carbocycles. The van der Waals surface area contributed by atoms with Gasteiger partial charge in [0.1, 0.15) is 0 Å². The van der Waals surface area contributed by atoms with Crippen LogP contribution in [0, 0.1) is 0 Å². The summed E-state index contributed by atoms with van der Waals surface area (Å²) in [5, 5.41) is 2.64. The molecule has 0 radical (unpaired) electrons. The van der Waals surface area contributed by atoms with Crippen LogP contribution in [-0.4, -0.2) is 17.4 Å². The van der Waals surface area contributed by atoms with Crippen molar-refractivity contribution in [1.82, 2.24) is 5.32 Å². The largest absolute Gasteiger partial charge is 0.392 e. The fourth-order valence-electron chi connectivity index (χ4n) is 1.29. The van der Waals surface area contributed by atoms with Crippen molar-refractivity contribution in [3.05, 3.63) is 35.4 Å². The molecule has 0 saturated heterocycles. The van der Waals surface area contributed by atoms with Gasteiger partial charge in [-0.1, -0.05) is 38.2 Å². The van der Waals surface area contributed by atoms with Gasteiger partial charge in [-0.05, 0) is 23.6 Å². The van der Waals surface area contributed by atoms with E-state index in [0.29, 0.717) is 11.5 Å². The molecular weight excluding hydrogens is 220 g/mol. The lowest BCUT2D eigenvalue weighted by Crippen LogP contribution is -2.32. The van der Waals surface area contributed by atoms with Crippen molar-refractivity contribution >= 4 is 23.1 Å². The first-order valence-electron chi connectivity index (χ1n) is 5.17. The van der Waals surface area contributed by atoms with Crippen molar-refractivity contribution in [1.29, 1.82) is 0 Å². The average Bonchev–Trinajstić information content (AvgIpc) is 2.26. The Morgan fingerprint density at radius 2 is 1.94 bits per heavy atom. The van der Waals surface area contributed by atoms with Crippen LogP contribution in [0.3, 0.4) is 0 Å². The molecule has 16 heavy (non-hydrogen) atoms. The molecule has 0 unspecified atom stereocenters. The molecule has 86 valence electrons. The molecule has 0 aliphatic rings. The maximum Gasteiger partial charge on any atom is 0.251 e. The lowest BCUT2D eigenvalue weighted by Gasteiger charge is -2.07. The summed E-state index contributed by atoms with van der Waals surface area (Å²) in [7, 11) is 0. The molecule has 0 atom stereocenters. The Morgan fingerprint density at radius 3 is 2.38 bits per heavy atom. The van der Waals surface area contributed by atoms with Gasteiger partial charge in [0.2, 0.25) is 0 Å². The van der Waals surface area contributed by atoms with Gasteiger partial charge >= 0.3 is 0 Å². The molecule has 0 bridgehead atoms. The number of nitrogens with two attached hydrogens (primary N) is 1. The number of carbonyl (C=O) groups excluding carboxylic acids is 1. The molecule has 0 aromatic heterocycles. The highest BCUT2D eigenvalue weighted by Gasteiger charge is 2.05. The Balaban J connectivity index is 2.66. The predicted molar refractivity (Wildman–Crippen MR) is 69.6 cm³/mol. The Hall–Kier alpha value is -1.42. The SMILES string of the molecule is CC(C)c1ccc(C(=O)NCC(N)=S)cc1. The van der Waals surface area contributed by atoms with Gasteiger partial charge in [-0.2, -0.15) is 0 Å². The minimum Gasteiger partial charge on any atom is -0.392 e. The standard InChI is InChI=1S/C12H16N2OS/c1-8(2)9-3-5-10(6-4-9)12(15)14-7-11(13)16/h3-6,8H,7H2,1-2H3,(H2,13,16)(H,14,15). The van der Waals surface area contributed by atoms with Gasteiger partial charge in [0.25, 0.3) is 5.91 Å². The van der Waals surface area contributed by atoms with Crippen LogP contribution in [0.15, 0.2) is 24.3 Å². The van der Waals surface area contributed by atoms with Crippen molar-refractivity contribution in [3.63, 3.8) is 0 Å². The fraction of sp³-hybridized carbons (Fsp3) is 0.333. The van der Waals surface area contributed by atoms with Gasteiger partial charge in [-0.15, -0.1) is 0 Å². The van der Waals surface area contributed by atoms with Crippen LogP contribution in [0.5, 0.6) is 0 Å². The quantitative estimate of drug-likeness (QED) is 0.784. The molecule has 0 spiro atoms. The molecular formula is C12H16N2OS. The number of hydrogen-bond acceptors (Lipinski definition) is 2. The van der Waals surface area contributed by atoms with E-state index in [2.05, 4.69) is 31.4 Å². The monoisotopic (exact) mass is 236 g/mol. The van der Waals surface area contributed by atoms with E-state index >= 15 is 0 Å². The van der Waals surface area contributed by atoms with Crippen LogP contribution >= 0.6 is 12.2 Å². The fourth-order valence-corrected chi connectivity index (χ4v) is 1.36. The molecule has 0 saturated carbocycles. The Bertz CT molecular complexity index is 385. The van der Waals surface area contributed by atoms with Crippen LogP contribution in [0.2, 0.25) is 0 Å². The number of carbonyl (C=O) groups is 1. The molecule has 1 aromatic rings. The highest BCUT2D eigenvalue weighted by Crippen LogP contribution is 2.14. The third-order valence-corrected chi connectivity index (χ3v) is 2.41. The molecule has 0 heterocycles. The number of hydrogen-bond donors (Lipinski definition) is 2. The summed E-state index contributed by atoms with van der Waals surface area (Å²) in [5.74, 6) is 0.317. The lowest BCUT2D eigenvalue weighted by atomic mass is 10.0. The van der Waals surface area contributed by atoms with E-state index in [1.807, 2.05) is 24.3 Å². The van der Waals surface area contributed by atoms with Crippen LogP contribution in [-0.2, 0) is 0 Å². The summed E-state index contributed by atoms with van der Waals surface area (Å²) < 4.78 is 0. The summed E-state index contributed by atoms with van der Waals surface area (Å²) in [6, 6.07) is 7.54. The van der Waals surface area contributed by atoms with Gasteiger partial charge in [0, 0.05) is 5.56 Å². The first kappa shape index (κ1) is 12.6. The summed E-state index contributed by atoms with van der Waals surface area (Å²) >= 11 is 4.68. The Kier molecular flexibility index (Phi) is 4.43. The molecule has 3 nitrogen and oxygen atoms in total. The third kappa shape index (κ3) is 3.62. The predicted octanol–water partition coefficient (Wildman–Crippen LogP) is 1.83. The van der Waals surface area contributed by atoms with Crippen molar-refractivity contribution in [2.75, 3.05) is 6.54 Å². The van der Waals surface area contributed by atoms with Gasteiger partial charge in [0.05, 0.1) is 11.5 Å². The van der Waals surface area contributed by atoms with E-state index < -0.39 is 0 Å². The maximum absolute atomic E-state index is 11.6. The number of benzene rings is 1. The van der Waals surface area contributed by atoms with E-state index in [-0.39, 0.29) is 17.4 Å². The molecule has 0 aliphatic heterocycles. The normalized spacial score (nSPS) is 10.2. The van der Waals surface area contributed by atoms with Gasteiger partial charge in [-0.3, -0.25) is 4.79 Å². The average molecular weight is 236 g/mol. The van der Waals surface area contributed by atoms with Crippen molar-refractivity contribution < 1.29 is 4.79 Å². The second kappa shape index (κ2) is 5.61. The first-order valence-corrected chi connectivity index (χ1v) is 5.58. The van der Waals surface area contributed by atoms with Crippen LogP contribution < -0.4 is 11.1 Å². The maximum atomic E-state index is 11.6. The highest BCUT2D eigenvalue weighted by molar-refractivity contribution is 7.80. The topological polar surface area (TPSA) is 55.1 Å². The van der Waals surface area contributed by atoms with E-state index in [1.54, 1.807) is 0 Å².